The maximum absolute atomic E-state index is 6.24. The zero-order chi connectivity index (χ0) is 23.5. The molecule has 0 bridgehead atoms. The number of aryl methyl sites for hydroxylation is 2. The van der Waals surface area contributed by atoms with Gasteiger partial charge in [0, 0.05) is 46.4 Å². The topological polar surface area (TPSA) is 80.5 Å². The number of pyridine rings is 2. The van der Waals surface area contributed by atoms with E-state index in [4.69, 9.17) is 11.6 Å². The van der Waals surface area contributed by atoms with Crippen LogP contribution in [0.2, 0.25) is 5.02 Å². The van der Waals surface area contributed by atoms with Crippen LogP contribution in [0.1, 0.15) is 11.4 Å². The summed E-state index contributed by atoms with van der Waals surface area (Å²) in [5.41, 5.74) is 8.30. The van der Waals surface area contributed by atoms with Gasteiger partial charge in [-0.3, -0.25) is 9.97 Å². The largest absolute Gasteiger partial charge is 0.355 e. The number of rotatable bonds is 6. The van der Waals surface area contributed by atoms with Gasteiger partial charge in [-0.25, -0.2) is 4.68 Å². The molecule has 0 amide bonds. The van der Waals surface area contributed by atoms with Crippen LogP contribution in [0.25, 0.3) is 16.9 Å². The van der Waals surface area contributed by atoms with E-state index in [2.05, 4.69) is 30.9 Å². The lowest BCUT2D eigenvalue weighted by molar-refractivity contribution is 0.804. The third kappa shape index (κ3) is 4.89. The maximum Gasteiger partial charge on any atom is 0.113 e. The van der Waals surface area contributed by atoms with E-state index < -0.39 is 0 Å². The fourth-order valence-corrected chi connectivity index (χ4v) is 3.68. The molecule has 8 heteroatoms. The highest BCUT2D eigenvalue weighted by Gasteiger charge is 2.07. The molecule has 5 aromatic rings. The predicted octanol–water partition coefficient (Wildman–Crippen LogP) is 6.48. The molecule has 0 aliphatic heterocycles. The van der Waals surface area contributed by atoms with Crippen LogP contribution in [-0.2, 0) is 0 Å². The van der Waals surface area contributed by atoms with Gasteiger partial charge >= 0.3 is 0 Å². The molecule has 0 atom stereocenters. The Bertz CT molecular complexity index is 1430. The summed E-state index contributed by atoms with van der Waals surface area (Å²) in [6.45, 7) is 3.90. The molecular formula is C26H22ClN7. The van der Waals surface area contributed by atoms with Gasteiger partial charge in [-0.05, 0) is 68.4 Å². The van der Waals surface area contributed by atoms with Gasteiger partial charge in [0.25, 0.3) is 0 Å². The molecule has 0 radical (unpaired) electrons. The molecule has 2 N–H and O–H groups in total. The van der Waals surface area contributed by atoms with Crippen LogP contribution in [0.4, 0.5) is 22.7 Å². The van der Waals surface area contributed by atoms with Crippen LogP contribution >= 0.6 is 11.6 Å². The third-order valence-corrected chi connectivity index (χ3v) is 5.56. The first-order valence-corrected chi connectivity index (χ1v) is 11.1. The zero-order valence-electron chi connectivity index (χ0n) is 18.7. The Hall–Kier alpha value is -4.23. The summed E-state index contributed by atoms with van der Waals surface area (Å²) in [6, 6.07) is 21.9. The van der Waals surface area contributed by atoms with Crippen molar-refractivity contribution in [2.75, 3.05) is 10.6 Å². The van der Waals surface area contributed by atoms with Crippen molar-refractivity contribution in [1.82, 2.24) is 25.0 Å². The number of nitrogens with zero attached hydrogens (tertiary/aromatic N) is 5. The van der Waals surface area contributed by atoms with Crippen LogP contribution in [0.5, 0.6) is 0 Å². The van der Waals surface area contributed by atoms with Crippen molar-refractivity contribution < 1.29 is 0 Å². The van der Waals surface area contributed by atoms with Crippen molar-refractivity contribution in [3.63, 3.8) is 0 Å². The Balaban J connectivity index is 1.28. The summed E-state index contributed by atoms with van der Waals surface area (Å²) < 4.78 is 1.77. The molecule has 0 spiro atoms. The first-order valence-electron chi connectivity index (χ1n) is 10.8. The predicted molar refractivity (Wildman–Crippen MR) is 136 cm³/mol. The van der Waals surface area contributed by atoms with Gasteiger partial charge in [0.1, 0.15) is 5.69 Å². The minimum absolute atomic E-state index is 0.578. The smallest absolute Gasteiger partial charge is 0.113 e. The van der Waals surface area contributed by atoms with Crippen LogP contribution in [0.3, 0.4) is 0 Å². The van der Waals surface area contributed by atoms with Gasteiger partial charge in [-0.2, -0.15) is 0 Å². The van der Waals surface area contributed by atoms with Crippen LogP contribution in [0.15, 0.2) is 85.3 Å². The first kappa shape index (κ1) is 21.6. The SMILES string of the molecule is Cc1cc(Nc2ccc(-n3cc(-c4ccc(Nc5cc(C)ncc5Cl)cc4)nn3)cc2)ccn1. The van der Waals surface area contributed by atoms with Crippen LogP contribution in [0, 0.1) is 13.8 Å². The minimum Gasteiger partial charge on any atom is -0.355 e. The van der Waals surface area contributed by atoms with E-state index in [1.54, 1.807) is 17.1 Å². The lowest BCUT2D eigenvalue weighted by Crippen LogP contribution is -1.96. The lowest BCUT2D eigenvalue weighted by atomic mass is 10.1. The van der Waals surface area contributed by atoms with Gasteiger partial charge in [0.15, 0.2) is 0 Å². The van der Waals surface area contributed by atoms with Crippen molar-refractivity contribution >= 4 is 34.4 Å². The Labute approximate surface area is 202 Å². The van der Waals surface area contributed by atoms with Crippen molar-refractivity contribution in [1.29, 1.82) is 0 Å². The zero-order valence-corrected chi connectivity index (χ0v) is 19.5. The summed E-state index contributed by atoms with van der Waals surface area (Å²) in [6.07, 6.45) is 5.36. The van der Waals surface area contributed by atoms with Gasteiger partial charge in [0.2, 0.25) is 0 Å². The average Bonchev–Trinajstić information content (AvgIpc) is 3.33. The van der Waals surface area contributed by atoms with Gasteiger partial charge in [-0.1, -0.05) is 28.9 Å². The number of aromatic nitrogens is 5. The Morgan fingerprint density at radius 3 is 2.24 bits per heavy atom. The lowest BCUT2D eigenvalue weighted by Gasteiger charge is -2.09. The van der Waals surface area contributed by atoms with Crippen LogP contribution < -0.4 is 10.6 Å². The Kier molecular flexibility index (Phi) is 5.93. The fourth-order valence-electron chi connectivity index (χ4n) is 3.53. The number of hydrogen-bond acceptors (Lipinski definition) is 6. The molecule has 168 valence electrons. The Morgan fingerprint density at radius 2 is 1.47 bits per heavy atom. The quantitative estimate of drug-likeness (QED) is 0.297. The molecule has 34 heavy (non-hydrogen) atoms. The van der Waals surface area contributed by atoms with E-state index in [-0.39, 0.29) is 0 Å². The average molecular weight is 468 g/mol. The van der Waals surface area contributed by atoms with Crippen molar-refractivity contribution in [2.45, 2.75) is 13.8 Å². The van der Waals surface area contributed by atoms with Crippen LogP contribution in [-0.4, -0.2) is 25.0 Å². The molecule has 0 saturated carbocycles. The molecular weight excluding hydrogens is 446 g/mol. The van der Waals surface area contributed by atoms with Crippen molar-refractivity contribution in [3.05, 3.63) is 102 Å². The summed E-state index contributed by atoms with van der Waals surface area (Å²) in [5, 5.41) is 15.9. The van der Waals surface area contributed by atoms with E-state index in [0.29, 0.717) is 5.02 Å². The number of hydrogen-bond donors (Lipinski definition) is 2. The molecule has 7 nitrogen and oxygen atoms in total. The molecule has 0 fully saturated rings. The standard InChI is InChI=1S/C26H22ClN7/c1-17-13-22(11-12-28-17)30-20-7-9-23(10-8-20)34-16-26(32-33-34)19-3-5-21(6-4-19)31-25-14-18(2)29-15-24(25)27/h3-16H,1-2H3,(H,28,30)(H,29,31). The summed E-state index contributed by atoms with van der Waals surface area (Å²) >= 11 is 6.24. The maximum atomic E-state index is 6.24. The van der Waals surface area contributed by atoms with E-state index in [1.165, 1.54) is 0 Å². The number of nitrogens with one attached hydrogen (secondary N) is 2. The van der Waals surface area contributed by atoms with E-state index >= 15 is 0 Å². The highest BCUT2D eigenvalue weighted by atomic mass is 35.5. The van der Waals surface area contributed by atoms with E-state index in [0.717, 1.165) is 51.1 Å². The second kappa shape index (κ2) is 9.33. The summed E-state index contributed by atoms with van der Waals surface area (Å²) in [4.78, 5) is 8.42. The number of anilines is 4. The van der Waals surface area contributed by atoms with Gasteiger partial charge < -0.3 is 10.6 Å². The third-order valence-electron chi connectivity index (χ3n) is 5.26. The summed E-state index contributed by atoms with van der Waals surface area (Å²) in [7, 11) is 0. The van der Waals surface area contributed by atoms with Gasteiger partial charge in [-0.15, -0.1) is 5.10 Å². The summed E-state index contributed by atoms with van der Waals surface area (Å²) in [5.74, 6) is 0. The number of benzene rings is 2. The van der Waals surface area contributed by atoms with Crippen molar-refractivity contribution in [3.8, 4) is 16.9 Å². The fraction of sp³-hybridized carbons (Fsp3) is 0.0769. The monoisotopic (exact) mass is 467 g/mol. The van der Waals surface area contributed by atoms with Gasteiger partial charge in [0.05, 0.1) is 22.6 Å². The molecule has 3 aromatic heterocycles. The molecule has 2 aromatic carbocycles. The molecule has 5 rings (SSSR count). The van der Waals surface area contributed by atoms with Crippen molar-refractivity contribution in [2.24, 2.45) is 0 Å². The second-order valence-corrected chi connectivity index (χ2v) is 8.32. The molecule has 0 aliphatic rings. The Morgan fingerprint density at radius 1 is 0.765 bits per heavy atom. The highest BCUT2D eigenvalue weighted by Crippen LogP contribution is 2.27. The van der Waals surface area contributed by atoms with E-state index in [1.807, 2.05) is 86.8 Å². The minimum atomic E-state index is 0.578. The number of halogens is 1. The molecule has 0 aliphatic carbocycles. The molecule has 0 saturated heterocycles. The molecule has 3 heterocycles. The molecule has 0 unspecified atom stereocenters. The highest BCUT2D eigenvalue weighted by molar-refractivity contribution is 6.33. The normalized spacial score (nSPS) is 10.8. The second-order valence-electron chi connectivity index (χ2n) is 7.91. The van der Waals surface area contributed by atoms with E-state index in [9.17, 15) is 0 Å². The first-order chi connectivity index (χ1) is 16.5.